The number of amides is 2. The molecule has 9 heteroatoms. The molecule has 0 atom stereocenters. The highest BCUT2D eigenvalue weighted by atomic mass is 32.1. The molecule has 28 heavy (non-hydrogen) atoms. The minimum absolute atomic E-state index is 0.121. The molecule has 0 saturated carbocycles. The van der Waals surface area contributed by atoms with Gasteiger partial charge in [0.05, 0.1) is 28.9 Å². The first-order valence-corrected chi connectivity index (χ1v) is 10.7. The van der Waals surface area contributed by atoms with E-state index in [0.717, 1.165) is 43.2 Å². The van der Waals surface area contributed by atoms with E-state index in [1.54, 1.807) is 22.8 Å². The smallest absolute Gasteiger partial charge is 0.251 e. The number of carbonyl (C=O) groups excluding carboxylic acids is 2. The fraction of sp³-hybridized carbons (Fsp3) is 0.316. The molecule has 7 nitrogen and oxygen atoms in total. The van der Waals surface area contributed by atoms with E-state index in [2.05, 4.69) is 21.2 Å². The molecule has 146 valence electrons. The van der Waals surface area contributed by atoms with Crippen LogP contribution in [0.2, 0.25) is 0 Å². The number of primary amides is 1. The fourth-order valence-corrected chi connectivity index (χ4v) is 5.07. The van der Waals surface area contributed by atoms with Crippen molar-refractivity contribution >= 4 is 49.7 Å². The van der Waals surface area contributed by atoms with Gasteiger partial charge in [0.1, 0.15) is 10.0 Å². The van der Waals surface area contributed by atoms with Crippen LogP contribution in [-0.4, -0.2) is 59.3 Å². The van der Waals surface area contributed by atoms with Crippen molar-refractivity contribution in [3.8, 4) is 0 Å². The molecule has 0 bridgehead atoms. The van der Waals surface area contributed by atoms with E-state index in [4.69, 9.17) is 10.7 Å². The van der Waals surface area contributed by atoms with Crippen molar-refractivity contribution < 1.29 is 9.59 Å². The summed E-state index contributed by atoms with van der Waals surface area (Å²) in [6.07, 6.45) is 0. The summed E-state index contributed by atoms with van der Waals surface area (Å²) in [5, 5.41) is 6.20. The summed E-state index contributed by atoms with van der Waals surface area (Å²) in [4.78, 5) is 32.9. The van der Waals surface area contributed by atoms with E-state index in [1.165, 1.54) is 16.0 Å². The number of nitrogens with two attached hydrogens (primary N) is 1. The van der Waals surface area contributed by atoms with Gasteiger partial charge in [-0.3, -0.25) is 19.4 Å². The van der Waals surface area contributed by atoms with E-state index in [0.29, 0.717) is 17.1 Å². The maximum Gasteiger partial charge on any atom is 0.251 e. The Labute approximate surface area is 170 Å². The van der Waals surface area contributed by atoms with Crippen LogP contribution in [0.4, 0.5) is 5.00 Å². The summed E-state index contributed by atoms with van der Waals surface area (Å²) < 4.78 is 1.22. The van der Waals surface area contributed by atoms with Gasteiger partial charge in [-0.2, -0.15) is 0 Å². The van der Waals surface area contributed by atoms with Crippen molar-refractivity contribution in [1.82, 2.24) is 14.8 Å². The third-order valence-electron chi connectivity index (χ3n) is 4.71. The first-order valence-electron chi connectivity index (χ1n) is 9.05. The second kappa shape index (κ2) is 8.36. The molecule has 1 aliphatic rings. The number of hydrogen-bond donors (Lipinski definition) is 2. The first kappa shape index (κ1) is 19.0. The van der Waals surface area contributed by atoms with E-state index in [-0.39, 0.29) is 5.91 Å². The van der Waals surface area contributed by atoms with Gasteiger partial charge in [-0.15, -0.1) is 22.7 Å². The van der Waals surface area contributed by atoms with Gasteiger partial charge in [0.15, 0.2) is 0 Å². The minimum atomic E-state index is -0.528. The van der Waals surface area contributed by atoms with Crippen LogP contribution in [0.25, 0.3) is 10.2 Å². The highest BCUT2D eigenvalue weighted by molar-refractivity contribution is 7.18. The monoisotopic (exact) mass is 415 g/mol. The molecule has 1 saturated heterocycles. The quantitative estimate of drug-likeness (QED) is 0.644. The Balaban J connectivity index is 1.26. The molecule has 3 N–H and O–H groups in total. The van der Waals surface area contributed by atoms with E-state index < -0.39 is 5.91 Å². The highest BCUT2D eigenvalue weighted by Crippen LogP contribution is 2.24. The number of anilines is 1. The van der Waals surface area contributed by atoms with Crippen molar-refractivity contribution in [2.24, 2.45) is 5.73 Å². The Hall–Kier alpha value is -2.33. The molecule has 2 amide bonds. The molecule has 2 aromatic heterocycles. The summed E-state index contributed by atoms with van der Waals surface area (Å²) in [7, 11) is 0. The second-order valence-corrected chi connectivity index (χ2v) is 8.73. The number of nitrogens with one attached hydrogen (secondary N) is 1. The van der Waals surface area contributed by atoms with Gasteiger partial charge in [0.2, 0.25) is 5.91 Å². The lowest BCUT2D eigenvalue weighted by molar-refractivity contribution is -0.117. The average molecular weight is 416 g/mol. The first-order chi connectivity index (χ1) is 13.6. The standard InChI is InChI=1S/C19H21N5O2S2/c20-18(26)13-5-10-27-19(13)22-16(25)11-23-6-8-24(9-7-23)12-17-21-14-3-1-2-4-15(14)28-17/h1-5,10H,6-9,11-12H2,(H2,20,26)(H,22,25). The SMILES string of the molecule is NC(=O)c1ccsc1NC(=O)CN1CCN(Cc2nc3ccccc3s2)CC1. The van der Waals surface area contributed by atoms with Gasteiger partial charge in [-0.05, 0) is 23.6 Å². The van der Waals surface area contributed by atoms with E-state index >= 15 is 0 Å². The van der Waals surface area contributed by atoms with Gasteiger partial charge in [-0.1, -0.05) is 12.1 Å². The number of thiazole rings is 1. The number of benzene rings is 1. The number of aromatic nitrogens is 1. The third kappa shape index (κ3) is 4.39. The maximum atomic E-state index is 12.3. The molecule has 3 heterocycles. The molecule has 0 spiro atoms. The average Bonchev–Trinajstić information content (AvgIpc) is 3.29. The molecule has 1 aromatic carbocycles. The topological polar surface area (TPSA) is 91.6 Å². The van der Waals surface area contributed by atoms with Crippen LogP contribution < -0.4 is 11.1 Å². The van der Waals surface area contributed by atoms with Crippen LogP contribution in [0.1, 0.15) is 15.4 Å². The molecule has 0 unspecified atom stereocenters. The van der Waals surface area contributed by atoms with Crippen LogP contribution in [-0.2, 0) is 11.3 Å². The van der Waals surface area contributed by atoms with Gasteiger partial charge in [0.25, 0.3) is 5.91 Å². The molecule has 1 aliphatic heterocycles. The Kier molecular flexibility index (Phi) is 5.67. The molecule has 0 aliphatic carbocycles. The van der Waals surface area contributed by atoms with Gasteiger partial charge in [0, 0.05) is 26.2 Å². The van der Waals surface area contributed by atoms with Crippen LogP contribution in [0.15, 0.2) is 35.7 Å². The van der Waals surface area contributed by atoms with Gasteiger partial charge in [-0.25, -0.2) is 4.98 Å². The molecular weight excluding hydrogens is 394 g/mol. The number of para-hydroxylation sites is 1. The Morgan fingerprint density at radius 1 is 1.11 bits per heavy atom. The number of thiophene rings is 1. The van der Waals surface area contributed by atoms with Gasteiger partial charge >= 0.3 is 0 Å². The zero-order chi connectivity index (χ0) is 19.5. The lowest BCUT2D eigenvalue weighted by Gasteiger charge is -2.33. The third-order valence-corrected chi connectivity index (χ3v) is 6.56. The largest absolute Gasteiger partial charge is 0.366 e. The van der Waals surface area contributed by atoms with E-state index in [9.17, 15) is 9.59 Å². The van der Waals surface area contributed by atoms with Crippen molar-refractivity contribution in [3.63, 3.8) is 0 Å². The molecule has 4 rings (SSSR count). The van der Waals surface area contributed by atoms with Crippen molar-refractivity contribution in [2.45, 2.75) is 6.54 Å². The number of rotatable bonds is 6. The number of fused-ring (bicyclic) bond motifs is 1. The fourth-order valence-electron chi connectivity index (χ4n) is 3.25. The predicted octanol–water partition coefficient (Wildman–Crippen LogP) is 2.21. The number of nitrogens with zero attached hydrogens (tertiary/aromatic N) is 3. The summed E-state index contributed by atoms with van der Waals surface area (Å²) >= 11 is 3.05. The minimum Gasteiger partial charge on any atom is -0.366 e. The van der Waals surface area contributed by atoms with Crippen molar-refractivity contribution in [3.05, 3.63) is 46.3 Å². The van der Waals surface area contributed by atoms with Crippen molar-refractivity contribution in [2.75, 3.05) is 38.0 Å². The van der Waals surface area contributed by atoms with Crippen LogP contribution >= 0.6 is 22.7 Å². The lowest BCUT2D eigenvalue weighted by Crippen LogP contribution is -2.48. The van der Waals surface area contributed by atoms with Crippen LogP contribution in [0.5, 0.6) is 0 Å². The van der Waals surface area contributed by atoms with Crippen LogP contribution in [0, 0.1) is 0 Å². The number of hydrogen-bond acceptors (Lipinski definition) is 7. The van der Waals surface area contributed by atoms with Crippen LogP contribution in [0.3, 0.4) is 0 Å². The number of piperazine rings is 1. The molecule has 0 radical (unpaired) electrons. The van der Waals surface area contributed by atoms with Gasteiger partial charge < -0.3 is 11.1 Å². The molecule has 1 fully saturated rings. The Morgan fingerprint density at radius 2 is 1.86 bits per heavy atom. The Bertz CT molecular complexity index is 958. The van der Waals surface area contributed by atoms with E-state index in [1.807, 2.05) is 18.2 Å². The maximum absolute atomic E-state index is 12.3. The second-order valence-electron chi connectivity index (χ2n) is 6.70. The zero-order valence-electron chi connectivity index (χ0n) is 15.3. The highest BCUT2D eigenvalue weighted by Gasteiger charge is 2.21. The molecule has 3 aromatic rings. The normalized spacial score (nSPS) is 15.7. The summed E-state index contributed by atoms with van der Waals surface area (Å²) in [6, 6.07) is 9.83. The predicted molar refractivity (Wildman–Crippen MR) is 113 cm³/mol. The molecular formula is C19H21N5O2S2. The summed E-state index contributed by atoms with van der Waals surface area (Å²) in [5.74, 6) is -0.649. The summed E-state index contributed by atoms with van der Waals surface area (Å²) in [5.41, 5.74) is 6.74. The van der Waals surface area contributed by atoms with Crippen molar-refractivity contribution in [1.29, 1.82) is 0 Å². The lowest BCUT2D eigenvalue weighted by atomic mass is 10.3. The summed E-state index contributed by atoms with van der Waals surface area (Å²) in [6.45, 7) is 4.60. The Morgan fingerprint density at radius 3 is 2.61 bits per heavy atom. The number of carbonyl (C=O) groups is 2. The zero-order valence-corrected chi connectivity index (χ0v) is 16.9.